The second-order valence-electron chi connectivity index (χ2n) is 8.42. The van der Waals surface area contributed by atoms with Gasteiger partial charge in [0.25, 0.3) is 0 Å². The molecule has 8 nitrogen and oxygen atoms in total. The van der Waals surface area contributed by atoms with Gasteiger partial charge in [0.2, 0.25) is 5.88 Å². The lowest BCUT2D eigenvalue weighted by Gasteiger charge is -2.31. The van der Waals surface area contributed by atoms with Gasteiger partial charge in [-0.2, -0.15) is 0 Å². The van der Waals surface area contributed by atoms with Crippen molar-refractivity contribution in [3.05, 3.63) is 35.9 Å². The molecule has 2 aliphatic rings. The van der Waals surface area contributed by atoms with Gasteiger partial charge in [0.1, 0.15) is 24.2 Å². The molecule has 9 heteroatoms. The van der Waals surface area contributed by atoms with Gasteiger partial charge in [0, 0.05) is 35.5 Å². The summed E-state index contributed by atoms with van der Waals surface area (Å²) in [4.78, 5) is 20.7. The molecule has 32 heavy (non-hydrogen) atoms. The second-order valence-corrected chi connectivity index (χ2v) is 8.42. The molecule has 5 rings (SSSR count). The molecule has 0 saturated heterocycles. The van der Waals surface area contributed by atoms with Crippen LogP contribution in [0.25, 0.3) is 21.9 Å². The van der Waals surface area contributed by atoms with Crippen LogP contribution in [-0.4, -0.2) is 35.3 Å². The number of anilines is 3. The molecule has 1 aliphatic heterocycles. The molecule has 1 fully saturated rings. The summed E-state index contributed by atoms with van der Waals surface area (Å²) in [5, 5.41) is 7.01. The van der Waals surface area contributed by atoms with Gasteiger partial charge in [-0.25, -0.2) is 19.2 Å². The highest BCUT2D eigenvalue weighted by Gasteiger charge is 2.29. The first kappa shape index (κ1) is 20.3. The molecule has 0 spiro atoms. The van der Waals surface area contributed by atoms with Crippen LogP contribution in [0.2, 0.25) is 0 Å². The zero-order chi connectivity index (χ0) is 22.4. The lowest BCUT2D eigenvalue weighted by molar-refractivity contribution is 0.0311. The predicted octanol–water partition coefficient (Wildman–Crippen LogP) is 4.48. The van der Waals surface area contributed by atoms with Crippen molar-refractivity contribution in [2.75, 3.05) is 29.5 Å². The van der Waals surface area contributed by atoms with E-state index in [-0.39, 0.29) is 11.8 Å². The van der Waals surface area contributed by atoms with Crippen LogP contribution in [0.3, 0.4) is 0 Å². The maximum atomic E-state index is 15.2. The van der Waals surface area contributed by atoms with E-state index in [1.807, 2.05) is 6.92 Å². The van der Waals surface area contributed by atoms with E-state index in [2.05, 4.69) is 27.5 Å². The van der Waals surface area contributed by atoms with E-state index in [9.17, 15) is 4.79 Å². The minimum absolute atomic E-state index is 0.0103. The first-order valence-corrected chi connectivity index (χ1v) is 10.6. The SMILES string of the molecule is Cc1c(-c2cc3cc(NC(=O)OC4CC(C)C4)ncc3c(N)c2F)cnc2c1NCCO2. The largest absolute Gasteiger partial charge is 0.474 e. The van der Waals surface area contributed by atoms with E-state index in [1.54, 1.807) is 18.3 Å². The number of aromatic nitrogens is 2. The number of nitrogens with zero attached hydrogens (tertiary/aromatic N) is 2. The number of hydrogen-bond donors (Lipinski definition) is 3. The summed E-state index contributed by atoms with van der Waals surface area (Å²) in [6.07, 6.45) is 4.16. The molecule has 3 aromatic rings. The Morgan fingerprint density at radius 2 is 2.09 bits per heavy atom. The monoisotopic (exact) mass is 437 g/mol. The topological polar surface area (TPSA) is 111 Å². The Balaban J connectivity index is 1.49. The van der Waals surface area contributed by atoms with Crippen LogP contribution in [-0.2, 0) is 4.74 Å². The molecule has 166 valence electrons. The van der Waals surface area contributed by atoms with E-state index in [4.69, 9.17) is 15.2 Å². The van der Waals surface area contributed by atoms with Gasteiger partial charge in [-0.15, -0.1) is 0 Å². The Hall–Kier alpha value is -3.62. The molecule has 3 heterocycles. The van der Waals surface area contributed by atoms with Crippen molar-refractivity contribution in [1.29, 1.82) is 0 Å². The summed E-state index contributed by atoms with van der Waals surface area (Å²) in [6.45, 7) is 5.18. The fraction of sp³-hybridized carbons (Fsp3) is 0.348. The summed E-state index contributed by atoms with van der Waals surface area (Å²) in [5.74, 6) is 0.843. The van der Waals surface area contributed by atoms with Crippen molar-refractivity contribution in [1.82, 2.24) is 9.97 Å². The number of amides is 1. The van der Waals surface area contributed by atoms with Crippen LogP contribution in [0, 0.1) is 18.7 Å². The summed E-state index contributed by atoms with van der Waals surface area (Å²) < 4.78 is 26.2. The van der Waals surface area contributed by atoms with Crippen molar-refractivity contribution in [3.63, 3.8) is 0 Å². The maximum Gasteiger partial charge on any atom is 0.413 e. The average molecular weight is 437 g/mol. The highest BCUT2D eigenvalue weighted by molar-refractivity contribution is 5.99. The number of rotatable bonds is 3. The molecule has 0 atom stereocenters. The lowest BCUT2D eigenvalue weighted by Crippen LogP contribution is -2.33. The molecule has 2 aromatic heterocycles. The minimum Gasteiger partial charge on any atom is -0.474 e. The molecule has 1 aliphatic carbocycles. The van der Waals surface area contributed by atoms with Gasteiger partial charge in [-0.1, -0.05) is 6.92 Å². The van der Waals surface area contributed by atoms with E-state index < -0.39 is 11.9 Å². The third-order valence-electron chi connectivity index (χ3n) is 6.07. The molecule has 0 unspecified atom stereocenters. The quantitative estimate of drug-likeness (QED) is 0.518. The normalized spacial score (nSPS) is 19.3. The number of carbonyl (C=O) groups excluding carboxylic acids is 1. The third kappa shape index (κ3) is 3.53. The highest BCUT2D eigenvalue weighted by atomic mass is 19.1. The molecule has 1 saturated carbocycles. The zero-order valence-corrected chi connectivity index (χ0v) is 17.9. The molecule has 1 amide bonds. The molecule has 4 N–H and O–H groups in total. The maximum absolute atomic E-state index is 15.2. The molecular weight excluding hydrogens is 413 g/mol. The van der Waals surface area contributed by atoms with Crippen molar-refractivity contribution in [3.8, 4) is 17.0 Å². The van der Waals surface area contributed by atoms with Gasteiger partial charge in [0.05, 0.1) is 5.69 Å². The Morgan fingerprint density at radius 1 is 1.28 bits per heavy atom. The van der Waals surface area contributed by atoms with Gasteiger partial charge in [-0.3, -0.25) is 5.32 Å². The number of halogens is 1. The minimum atomic E-state index is -0.551. The number of nitrogen functional groups attached to an aromatic ring is 1. The van der Waals surface area contributed by atoms with Crippen LogP contribution in [0.15, 0.2) is 24.5 Å². The first-order valence-electron chi connectivity index (χ1n) is 10.6. The van der Waals surface area contributed by atoms with E-state index in [1.165, 1.54) is 6.20 Å². The number of hydrogen-bond acceptors (Lipinski definition) is 7. The van der Waals surface area contributed by atoms with Crippen LogP contribution < -0.4 is 21.1 Å². The number of nitrogens with one attached hydrogen (secondary N) is 2. The van der Waals surface area contributed by atoms with Crippen LogP contribution >= 0.6 is 0 Å². The number of benzene rings is 1. The van der Waals surface area contributed by atoms with Crippen LogP contribution in [0.1, 0.15) is 25.3 Å². The summed E-state index contributed by atoms with van der Waals surface area (Å²) >= 11 is 0. The number of carbonyl (C=O) groups is 1. The lowest BCUT2D eigenvalue weighted by atomic mass is 9.84. The number of ether oxygens (including phenoxy) is 2. The van der Waals surface area contributed by atoms with E-state index in [0.717, 1.165) is 24.1 Å². The number of pyridine rings is 2. The zero-order valence-electron chi connectivity index (χ0n) is 17.9. The fourth-order valence-electron chi connectivity index (χ4n) is 4.26. The van der Waals surface area contributed by atoms with Gasteiger partial charge >= 0.3 is 6.09 Å². The molecule has 1 aromatic carbocycles. The van der Waals surface area contributed by atoms with Gasteiger partial charge in [0.15, 0.2) is 5.82 Å². The summed E-state index contributed by atoms with van der Waals surface area (Å²) in [7, 11) is 0. The highest BCUT2D eigenvalue weighted by Crippen LogP contribution is 2.39. The third-order valence-corrected chi connectivity index (χ3v) is 6.07. The Morgan fingerprint density at radius 3 is 2.88 bits per heavy atom. The Kier molecular flexibility index (Phi) is 4.96. The number of nitrogens with two attached hydrogens (primary N) is 1. The number of fused-ring (bicyclic) bond motifs is 2. The average Bonchev–Trinajstić information content (AvgIpc) is 2.76. The van der Waals surface area contributed by atoms with Gasteiger partial charge < -0.3 is 20.5 Å². The molecule has 0 radical (unpaired) electrons. The van der Waals surface area contributed by atoms with Crippen molar-refractivity contribution in [2.45, 2.75) is 32.8 Å². The summed E-state index contributed by atoms with van der Waals surface area (Å²) in [5.41, 5.74) is 8.59. The molecule has 0 bridgehead atoms. The first-order chi connectivity index (χ1) is 15.4. The second kappa shape index (κ2) is 7.81. The van der Waals surface area contributed by atoms with Crippen LogP contribution in [0.4, 0.5) is 26.4 Å². The predicted molar refractivity (Wildman–Crippen MR) is 120 cm³/mol. The molecular formula is C23H24FN5O3. The smallest absolute Gasteiger partial charge is 0.413 e. The van der Waals surface area contributed by atoms with E-state index in [0.29, 0.717) is 52.7 Å². The van der Waals surface area contributed by atoms with Crippen molar-refractivity contribution < 1.29 is 18.7 Å². The Labute approximate surface area is 184 Å². The fourth-order valence-corrected chi connectivity index (χ4v) is 4.26. The standard InChI is InChI=1S/C23H24FN5O3/c1-11-5-14(6-11)32-23(30)29-18-8-13-7-15(19(24)20(25)17(13)10-27-18)16-9-28-22-21(12(16)2)26-3-4-31-22/h7-11,14,26H,3-6,25H2,1-2H3,(H,27,29,30). The van der Waals surface area contributed by atoms with Crippen molar-refractivity contribution >= 4 is 34.1 Å². The van der Waals surface area contributed by atoms with Crippen LogP contribution in [0.5, 0.6) is 5.88 Å². The van der Waals surface area contributed by atoms with Crippen molar-refractivity contribution in [2.24, 2.45) is 5.92 Å². The van der Waals surface area contributed by atoms with Gasteiger partial charge in [-0.05, 0) is 48.8 Å². The van der Waals surface area contributed by atoms with E-state index >= 15 is 4.39 Å². The Bertz CT molecular complexity index is 1230. The summed E-state index contributed by atoms with van der Waals surface area (Å²) in [6, 6.07) is 3.34.